The molecule has 0 amide bonds. The second kappa shape index (κ2) is 6.67. The van der Waals surface area contributed by atoms with E-state index in [-0.39, 0.29) is 6.61 Å². The summed E-state index contributed by atoms with van der Waals surface area (Å²) >= 11 is 8.96. The van der Waals surface area contributed by atoms with Crippen molar-refractivity contribution < 1.29 is 14.3 Å². The van der Waals surface area contributed by atoms with Crippen molar-refractivity contribution in [1.29, 1.82) is 0 Å². The minimum atomic E-state index is 0.181. The van der Waals surface area contributed by atoms with E-state index in [4.69, 9.17) is 21.1 Å². The van der Waals surface area contributed by atoms with Crippen LogP contribution in [-0.4, -0.2) is 19.5 Å². The van der Waals surface area contributed by atoms with E-state index in [1.54, 1.807) is 12.1 Å². The molecule has 0 heterocycles. The van der Waals surface area contributed by atoms with Crippen molar-refractivity contribution in [3.8, 4) is 11.5 Å². The lowest BCUT2D eigenvalue weighted by molar-refractivity contribution is 0.112. The molecule has 92 valence electrons. The van der Waals surface area contributed by atoms with Gasteiger partial charge in [0.05, 0.1) is 11.1 Å². The number of aldehydes is 1. The van der Waals surface area contributed by atoms with Crippen molar-refractivity contribution in [2.45, 2.75) is 6.92 Å². The number of ether oxygens (including phenoxy) is 2. The molecule has 0 aliphatic heterocycles. The molecule has 0 radical (unpaired) electrons. The second-order valence-electron chi connectivity index (χ2n) is 3.19. The molecule has 0 atom stereocenters. The van der Waals surface area contributed by atoms with Crippen LogP contribution >= 0.6 is 27.5 Å². The molecule has 0 N–H and O–H groups in total. The minimum absolute atomic E-state index is 0.181. The van der Waals surface area contributed by atoms with Gasteiger partial charge in [-0.1, -0.05) is 18.2 Å². The zero-order valence-corrected chi connectivity index (χ0v) is 11.7. The Morgan fingerprint density at radius 2 is 2.24 bits per heavy atom. The number of rotatable bonds is 6. The summed E-state index contributed by atoms with van der Waals surface area (Å²) in [6.45, 7) is 6.05. The van der Waals surface area contributed by atoms with E-state index in [1.165, 1.54) is 0 Å². The van der Waals surface area contributed by atoms with E-state index in [2.05, 4.69) is 22.5 Å². The molecule has 1 rings (SSSR count). The number of hydrogen-bond acceptors (Lipinski definition) is 3. The van der Waals surface area contributed by atoms with Crippen molar-refractivity contribution in [3.05, 3.63) is 33.8 Å². The highest BCUT2D eigenvalue weighted by Crippen LogP contribution is 2.36. The fraction of sp³-hybridized carbons (Fsp3) is 0.250. The lowest BCUT2D eigenvalue weighted by Crippen LogP contribution is -2.02. The zero-order chi connectivity index (χ0) is 12.8. The topological polar surface area (TPSA) is 35.5 Å². The molecule has 0 saturated carbocycles. The average molecular weight is 320 g/mol. The van der Waals surface area contributed by atoms with E-state index in [9.17, 15) is 4.79 Å². The Kier molecular flexibility index (Phi) is 5.51. The van der Waals surface area contributed by atoms with Crippen LogP contribution in [0.5, 0.6) is 11.5 Å². The first-order valence-electron chi connectivity index (χ1n) is 4.96. The lowest BCUT2D eigenvalue weighted by Gasteiger charge is -2.13. The molecule has 0 fully saturated rings. The first-order valence-corrected chi connectivity index (χ1v) is 6.13. The van der Waals surface area contributed by atoms with Gasteiger partial charge in [0.25, 0.3) is 0 Å². The summed E-state index contributed by atoms with van der Waals surface area (Å²) < 4.78 is 11.5. The summed E-state index contributed by atoms with van der Waals surface area (Å²) in [4.78, 5) is 10.7. The van der Waals surface area contributed by atoms with Gasteiger partial charge >= 0.3 is 0 Å². The molecule has 0 saturated heterocycles. The highest BCUT2D eigenvalue weighted by atomic mass is 79.9. The maximum Gasteiger partial charge on any atom is 0.175 e. The highest BCUT2D eigenvalue weighted by Gasteiger charge is 2.12. The third-order valence-electron chi connectivity index (χ3n) is 1.84. The standard InChI is InChI=1S/C12H12BrClO3/c1-3-16-11-5-9(6-15)4-10(13)12(11)17-7-8(2)14/h4-6H,2-3,7H2,1H3. The summed E-state index contributed by atoms with van der Waals surface area (Å²) in [5.41, 5.74) is 0.511. The molecule has 1 aromatic rings. The van der Waals surface area contributed by atoms with Gasteiger partial charge in [0.2, 0.25) is 0 Å². The Labute approximate surface area is 113 Å². The van der Waals surface area contributed by atoms with Crippen LogP contribution in [0.25, 0.3) is 0 Å². The molecule has 5 heteroatoms. The monoisotopic (exact) mass is 318 g/mol. The fourth-order valence-corrected chi connectivity index (χ4v) is 1.84. The fourth-order valence-electron chi connectivity index (χ4n) is 1.21. The maximum atomic E-state index is 10.7. The van der Waals surface area contributed by atoms with Gasteiger partial charge in [0.1, 0.15) is 12.9 Å². The van der Waals surface area contributed by atoms with Gasteiger partial charge in [-0.15, -0.1) is 0 Å². The van der Waals surface area contributed by atoms with Crippen molar-refractivity contribution in [1.82, 2.24) is 0 Å². The van der Waals surface area contributed by atoms with Crippen molar-refractivity contribution in [3.63, 3.8) is 0 Å². The zero-order valence-electron chi connectivity index (χ0n) is 9.33. The van der Waals surface area contributed by atoms with Crippen LogP contribution in [0.1, 0.15) is 17.3 Å². The molecule has 0 unspecified atom stereocenters. The van der Waals surface area contributed by atoms with E-state index < -0.39 is 0 Å². The van der Waals surface area contributed by atoms with Crippen molar-refractivity contribution >= 4 is 33.8 Å². The van der Waals surface area contributed by atoms with Gasteiger partial charge in [0.15, 0.2) is 11.5 Å². The highest BCUT2D eigenvalue weighted by molar-refractivity contribution is 9.10. The predicted octanol–water partition coefficient (Wildman–Crippen LogP) is 3.79. The molecule has 0 bridgehead atoms. The minimum Gasteiger partial charge on any atom is -0.490 e. The Hall–Kier alpha value is -1.00. The van der Waals surface area contributed by atoms with Gasteiger partial charge in [-0.3, -0.25) is 4.79 Å². The molecule has 3 nitrogen and oxygen atoms in total. The molecule has 0 aliphatic carbocycles. The van der Waals surface area contributed by atoms with Crippen LogP contribution in [0.15, 0.2) is 28.2 Å². The Morgan fingerprint density at radius 1 is 1.53 bits per heavy atom. The molecule has 0 aromatic heterocycles. The average Bonchev–Trinajstić information content (AvgIpc) is 2.27. The first-order chi connectivity index (χ1) is 8.08. The number of halogens is 2. The van der Waals surface area contributed by atoms with Crippen LogP contribution in [0.3, 0.4) is 0 Å². The van der Waals surface area contributed by atoms with Crippen molar-refractivity contribution in [2.75, 3.05) is 13.2 Å². The van der Waals surface area contributed by atoms with E-state index >= 15 is 0 Å². The van der Waals surface area contributed by atoms with Gasteiger partial charge in [-0.05, 0) is 35.0 Å². The third kappa shape index (κ3) is 4.06. The van der Waals surface area contributed by atoms with Crippen LogP contribution in [0.4, 0.5) is 0 Å². The molecule has 1 aromatic carbocycles. The quantitative estimate of drug-likeness (QED) is 0.748. The summed E-state index contributed by atoms with van der Waals surface area (Å²) in [7, 11) is 0. The third-order valence-corrected chi connectivity index (χ3v) is 2.54. The molecule has 0 spiro atoms. The summed E-state index contributed by atoms with van der Waals surface area (Å²) in [6.07, 6.45) is 0.748. The molecular formula is C12H12BrClO3. The van der Waals surface area contributed by atoms with Crippen molar-refractivity contribution in [2.24, 2.45) is 0 Å². The number of hydrogen-bond donors (Lipinski definition) is 0. The van der Waals surface area contributed by atoms with Crippen LogP contribution in [-0.2, 0) is 0 Å². The number of carbonyl (C=O) groups excluding carboxylic acids is 1. The Morgan fingerprint density at radius 3 is 2.76 bits per heavy atom. The summed E-state index contributed by atoms with van der Waals surface area (Å²) in [6, 6.07) is 3.27. The van der Waals surface area contributed by atoms with Crippen LogP contribution in [0, 0.1) is 0 Å². The molecule has 17 heavy (non-hydrogen) atoms. The van der Waals surface area contributed by atoms with Gasteiger partial charge in [-0.2, -0.15) is 0 Å². The first kappa shape index (κ1) is 14.1. The van der Waals surface area contributed by atoms with Gasteiger partial charge < -0.3 is 9.47 Å². The van der Waals surface area contributed by atoms with Gasteiger partial charge in [0, 0.05) is 10.6 Å². The van der Waals surface area contributed by atoms with E-state index in [0.717, 1.165) is 6.29 Å². The van der Waals surface area contributed by atoms with E-state index in [0.29, 0.717) is 33.2 Å². The normalized spacial score (nSPS) is 9.82. The molecule has 0 aliphatic rings. The lowest BCUT2D eigenvalue weighted by atomic mass is 10.2. The number of benzene rings is 1. The maximum absolute atomic E-state index is 10.7. The largest absolute Gasteiger partial charge is 0.490 e. The number of carbonyl (C=O) groups is 1. The van der Waals surface area contributed by atoms with Gasteiger partial charge in [-0.25, -0.2) is 0 Å². The summed E-state index contributed by atoms with van der Waals surface area (Å²) in [5.74, 6) is 1.01. The van der Waals surface area contributed by atoms with Crippen LogP contribution < -0.4 is 9.47 Å². The molecular weight excluding hydrogens is 307 g/mol. The second-order valence-corrected chi connectivity index (χ2v) is 4.58. The smallest absolute Gasteiger partial charge is 0.175 e. The summed E-state index contributed by atoms with van der Waals surface area (Å²) in [5, 5.41) is 0.388. The Balaban J connectivity index is 3.06. The Bertz CT molecular complexity index is 432. The van der Waals surface area contributed by atoms with E-state index in [1.807, 2.05) is 6.92 Å². The SMILES string of the molecule is C=C(Cl)COc1c(Br)cc(C=O)cc1OCC. The van der Waals surface area contributed by atoms with Crippen LogP contribution in [0.2, 0.25) is 0 Å². The predicted molar refractivity (Wildman–Crippen MR) is 71.2 cm³/mol.